The Hall–Kier alpha value is -3.12. The van der Waals surface area contributed by atoms with Crippen LogP contribution in [0.15, 0.2) is 60.9 Å². The van der Waals surface area contributed by atoms with Gasteiger partial charge in [0.2, 0.25) is 5.91 Å². The minimum absolute atomic E-state index is 0.113. The molecule has 3 aromatic rings. The van der Waals surface area contributed by atoms with Crippen LogP contribution in [0.5, 0.6) is 0 Å². The number of nitrogens with one attached hydrogen (secondary N) is 3. The van der Waals surface area contributed by atoms with Crippen molar-refractivity contribution in [3.63, 3.8) is 0 Å². The predicted octanol–water partition coefficient (Wildman–Crippen LogP) is 4.44. The number of aromatic nitrogens is 2. The Morgan fingerprint density at radius 3 is 2.50 bits per heavy atom. The molecular weight excluding hydrogens is 350 g/mol. The van der Waals surface area contributed by atoms with Crippen LogP contribution in [0.2, 0.25) is 5.02 Å². The molecule has 0 aliphatic carbocycles. The summed E-state index contributed by atoms with van der Waals surface area (Å²) < 4.78 is 0. The Balaban J connectivity index is 1.65. The smallest absolute Gasteiger partial charge is 0.221 e. The third kappa shape index (κ3) is 5.19. The van der Waals surface area contributed by atoms with Gasteiger partial charge < -0.3 is 16.0 Å². The van der Waals surface area contributed by atoms with Gasteiger partial charge in [-0.1, -0.05) is 29.8 Å². The molecule has 132 valence electrons. The first kappa shape index (κ1) is 17.7. The highest BCUT2D eigenvalue weighted by Gasteiger charge is 2.02. The molecule has 7 heteroatoms. The van der Waals surface area contributed by atoms with Crippen LogP contribution in [-0.4, -0.2) is 15.9 Å². The summed E-state index contributed by atoms with van der Waals surface area (Å²) in [7, 11) is 0. The van der Waals surface area contributed by atoms with Crippen molar-refractivity contribution in [2.45, 2.75) is 13.5 Å². The quantitative estimate of drug-likeness (QED) is 0.600. The summed E-state index contributed by atoms with van der Waals surface area (Å²) in [6.07, 6.45) is 1.49. The van der Waals surface area contributed by atoms with Gasteiger partial charge in [-0.3, -0.25) is 4.79 Å². The number of nitrogens with zero attached hydrogens (tertiary/aromatic N) is 2. The molecular formula is C19H18ClN5O. The number of carbonyl (C=O) groups is 1. The zero-order valence-corrected chi connectivity index (χ0v) is 14.9. The van der Waals surface area contributed by atoms with E-state index in [4.69, 9.17) is 11.6 Å². The fraction of sp³-hybridized carbons (Fsp3) is 0.105. The normalized spacial score (nSPS) is 10.2. The molecule has 2 aromatic carbocycles. The summed E-state index contributed by atoms with van der Waals surface area (Å²) in [6, 6.07) is 16.9. The summed E-state index contributed by atoms with van der Waals surface area (Å²) in [5.41, 5.74) is 2.64. The second-order valence-corrected chi connectivity index (χ2v) is 6.09. The highest BCUT2D eigenvalue weighted by atomic mass is 35.5. The summed E-state index contributed by atoms with van der Waals surface area (Å²) >= 11 is 5.89. The standard InChI is InChI=1S/C19H18ClN5O/c1-13(26)24-16-3-2-4-17(9-16)25-19-10-18(22-12-23-19)21-11-14-5-7-15(20)8-6-14/h2-10,12H,11H2,1H3,(H,24,26)(H2,21,22,23,25). The number of anilines is 4. The number of hydrogen-bond donors (Lipinski definition) is 3. The fourth-order valence-electron chi connectivity index (χ4n) is 2.34. The first-order valence-electron chi connectivity index (χ1n) is 8.03. The van der Waals surface area contributed by atoms with Gasteiger partial charge in [0.25, 0.3) is 0 Å². The lowest BCUT2D eigenvalue weighted by Crippen LogP contribution is -2.06. The van der Waals surface area contributed by atoms with E-state index in [9.17, 15) is 4.79 Å². The van der Waals surface area contributed by atoms with Crippen LogP contribution in [0.4, 0.5) is 23.0 Å². The Labute approximate surface area is 156 Å². The van der Waals surface area contributed by atoms with E-state index in [2.05, 4.69) is 25.9 Å². The third-order valence-electron chi connectivity index (χ3n) is 3.51. The Kier molecular flexibility index (Phi) is 5.66. The molecule has 6 nitrogen and oxygen atoms in total. The van der Waals surface area contributed by atoms with Crippen LogP contribution < -0.4 is 16.0 Å². The number of carbonyl (C=O) groups excluding carboxylic acids is 1. The lowest BCUT2D eigenvalue weighted by atomic mass is 10.2. The summed E-state index contributed by atoms with van der Waals surface area (Å²) in [4.78, 5) is 19.6. The second-order valence-electron chi connectivity index (χ2n) is 5.66. The molecule has 0 unspecified atom stereocenters. The van der Waals surface area contributed by atoms with Gasteiger partial charge in [0.1, 0.15) is 18.0 Å². The van der Waals surface area contributed by atoms with Crippen LogP contribution >= 0.6 is 11.6 Å². The van der Waals surface area contributed by atoms with Crippen molar-refractivity contribution in [3.8, 4) is 0 Å². The van der Waals surface area contributed by atoms with Crippen molar-refractivity contribution >= 4 is 40.5 Å². The van der Waals surface area contributed by atoms with Crippen molar-refractivity contribution < 1.29 is 4.79 Å². The van der Waals surface area contributed by atoms with Crippen molar-refractivity contribution in [2.75, 3.05) is 16.0 Å². The van der Waals surface area contributed by atoms with E-state index in [1.165, 1.54) is 13.3 Å². The molecule has 0 fully saturated rings. The minimum Gasteiger partial charge on any atom is -0.366 e. The SMILES string of the molecule is CC(=O)Nc1cccc(Nc2cc(NCc3ccc(Cl)cc3)ncn2)c1. The van der Waals surface area contributed by atoms with E-state index < -0.39 is 0 Å². The van der Waals surface area contributed by atoms with Crippen molar-refractivity contribution in [3.05, 3.63) is 71.5 Å². The van der Waals surface area contributed by atoms with Crippen molar-refractivity contribution in [1.82, 2.24) is 9.97 Å². The van der Waals surface area contributed by atoms with Crippen LogP contribution in [0.25, 0.3) is 0 Å². The molecule has 26 heavy (non-hydrogen) atoms. The van der Waals surface area contributed by atoms with Crippen LogP contribution in [0.1, 0.15) is 12.5 Å². The third-order valence-corrected chi connectivity index (χ3v) is 3.76. The van der Waals surface area contributed by atoms with Crippen molar-refractivity contribution in [1.29, 1.82) is 0 Å². The average Bonchev–Trinajstić information content (AvgIpc) is 2.61. The maximum absolute atomic E-state index is 11.2. The minimum atomic E-state index is -0.113. The van der Waals surface area contributed by atoms with Gasteiger partial charge in [0.15, 0.2) is 0 Å². The van der Waals surface area contributed by atoms with Gasteiger partial charge in [-0.15, -0.1) is 0 Å². The van der Waals surface area contributed by atoms with Crippen LogP contribution in [0.3, 0.4) is 0 Å². The Bertz CT molecular complexity index is 898. The largest absolute Gasteiger partial charge is 0.366 e. The van der Waals surface area contributed by atoms with E-state index >= 15 is 0 Å². The van der Waals surface area contributed by atoms with E-state index in [-0.39, 0.29) is 5.91 Å². The van der Waals surface area contributed by atoms with Gasteiger partial charge in [-0.2, -0.15) is 0 Å². The molecule has 0 atom stereocenters. The van der Waals surface area contributed by atoms with Crippen molar-refractivity contribution in [2.24, 2.45) is 0 Å². The molecule has 1 aromatic heterocycles. The summed E-state index contributed by atoms with van der Waals surface area (Å²) in [6.45, 7) is 2.11. The second kappa shape index (κ2) is 8.31. The van der Waals surface area contributed by atoms with Gasteiger partial charge in [-0.25, -0.2) is 9.97 Å². The van der Waals surface area contributed by atoms with E-state index in [1.54, 1.807) is 0 Å². The molecule has 0 saturated carbocycles. The number of amides is 1. The average molecular weight is 368 g/mol. The van der Waals surface area contributed by atoms with Crippen LogP contribution in [0, 0.1) is 0 Å². The zero-order valence-electron chi connectivity index (χ0n) is 14.2. The topological polar surface area (TPSA) is 78.9 Å². The van der Waals surface area contributed by atoms with Crippen LogP contribution in [-0.2, 0) is 11.3 Å². The zero-order chi connectivity index (χ0) is 18.4. The molecule has 3 N–H and O–H groups in total. The number of halogens is 1. The fourth-order valence-corrected chi connectivity index (χ4v) is 2.47. The monoisotopic (exact) mass is 367 g/mol. The number of rotatable bonds is 6. The highest BCUT2D eigenvalue weighted by Crippen LogP contribution is 2.20. The summed E-state index contributed by atoms with van der Waals surface area (Å²) in [5, 5.41) is 9.92. The molecule has 0 aliphatic rings. The van der Waals surface area contributed by atoms with Gasteiger partial charge in [0.05, 0.1) is 0 Å². The maximum Gasteiger partial charge on any atom is 0.221 e. The van der Waals surface area contributed by atoms with Gasteiger partial charge in [0, 0.05) is 35.9 Å². The Morgan fingerprint density at radius 2 is 1.73 bits per heavy atom. The molecule has 0 radical (unpaired) electrons. The highest BCUT2D eigenvalue weighted by molar-refractivity contribution is 6.30. The summed E-state index contributed by atoms with van der Waals surface area (Å²) in [5.74, 6) is 1.24. The first-order chi connectivity index (χ1) is 12.6. The lowest BCUT2D eigenvalue weighted by molar-refractivity contribution is -0.114. The number of hydrogen-bond acceptors (Lipinski definition) is 5. The molecule has 0 aliphatic heterocycles. The van der Waals surface area contributed by atoms with E-state index in [0.29, 0.717) is 23.2 Å². The number of benzene rings is 2. The predicted molar refractivity (Wildman–Crippen MR) is 105 cm³/mol. The molecule has 0 spiro atoms. The Morgan fingerprint density at radius 1 is 1.00 bits per heavy atom. The van der Waals surface area contributed by atoms with E-state index in [1.807, 2.05) is 54.6 Å². The van der Waals surface area contributed by atoms with Gasteiger partial charge >= 0.3 is 0 Å². The molecule has 1 heterocycles. The molecule has 0 saturated heterocycles. The molecule has 3 rings (SSSR count). The first-order valence-corrected chi connectivity index (χ1v) is 8.41. The molecule has 0 bridgehead atoms. The molecule has 1 amide bonds. The van der Waals surface area contributed by atoms with E-state index in [0.717, 1.165) is 16.9 Å². The lowest BCUT2D eigenvalue weighted by Gasteiger charge is -2.10. The van der Waals surface area contributed by atoms with Gasteiger partial charge in [-0.05, 0) is 35.9 Å². The maximum atomic E-state index is 11.2.